The zero-order valence-electron chi connectivity index (χ0n) is 8.26. The minimum Gasteiger partial charge on any atom is -0.364 e. The molecule has 1 aliphatic heterocycles. The Kier molecular flexibility index (Phi) is 2.97. The average Bonchev–Trinajstić information content (AvgIpc) is 2.14. The molecule has 1 nitrogen and oxygen atoms in total. The highest BCUT2D eigenvalue weighted by atomic mass is 79.9. The number of hydrogen-bond acceptors (Lipinski definition) is 1. The van der Waals surface area contributed by atoms with Gasteiger partial charge in [0.1, 0.15) is 6.54 Å². The first-order chi connectivity index (χ1) is 7.44. The van der Waals surface area contributed by atoms with E-state index in [4.69, 9.17) is 0 Å². The SMILES string of the molecule is FC(F)(F)CN1C=Cc2ccc(Br)cc2C1. The maximum absolute atomic E-state index is 12.2. The van der Waals surface area contributed by atoms with Gasteiger partial charge in [0.2, 0.25) is 0 Å². The minimum atomic E-state index is -4.16. The first-order valence-corrected chi connectivity index (χ1v) is 5.51. The Morgan fingerprint density at radius 1 is 1.31 bits per heavy atom. The molecule has 0 amide bonds. The summed E-state index contributed by atoms with van der Waals surface area (Å²) in [4.78, 5) is 1.26. The van der Waals surface area contributed by atoms with Crippen LogP contribution in [0.4, 0.5) is 13.2 Å². The smallest absolute Gasteiger partial charge is 0.364 e. The van der Waals surface area contributed by atoms with Crippen LogP contribution in [0.3, 0.4) is 0 Å². The van der Waals surface area contributed by atoms with Crippen LogP contribution in [0.25, 0.3) is 6.08 Å². The van der Waals surface area contributed by atoms with Crippen LogP contribution in [0.2, 0.25) is 0 Å². The fraction of sp³-hybridized carbons (Fsp3) is 0.273. The first-order valence-electron chi connectivity index (χ1n) is 4.71. The molecule has 0 saturated heterocycles. The standard InChI is InChI=1S/C11H9BrF3N/c12-10-2-1-8-3-4-16(6-9(8)5-10)7-11(13,14)15/h1-5H,6-7H2. The number of hydrogen-bond donors (Lipinski definition) is 0. The van der Waals surface area contributed by atoms with Crippen molar-refractivity contribution in [2.24, 2.45) is 0 Å². The lowest BCUT2D eigenvalue weighted by atomic mass is 10.0. The van der Waals surface area contributed by atoms with Gasteiger partial charge in [-0.25, -0.2) is 0 Å². The normalized spacial score (nSPS) is 15.1. The summed E-state index contributed by atoms with van der Waals surface area (Å²) in [6, 6.07) is 5.62. The van der Waals surface area contributed by atoms with Crippen molar-refractivity contribution in [2.45, 2.75) is 12.7 Å². The Morgan fingerprint density at radius 2 is 2.06 bits per heavy atom. The molecule has 0 atom stereocenters. The number of rotatable bonds is 1. The summed E-state index contributed by atoms with van der Waals surface area (Å²) >= 11 is 3.31. The molecule has 0 aromatic heterocycles. The molecule has 0 aliphatic carbocycles. The highest BCUT2D eigenvalue weighted by Gasteiger charge is 2.30. The number of alkyl halides is 3. The van der Waals surface area contributed by atoms with Gasteiger partial charge in [0.15, 0.2) is 0 Å². The molecule has 0 fully saturated rings. The second kappa shape index (κ2) is 4.13. The second-order valence-corrected chi connectivity index (χ2v) is 4.59. The zero-order valence-corrected chi connectivity index (χ0v) is 9.85. The molecule has 0 unspecified atom stereocenters. The maximum Gasteiger partial charge on any atom is 0.405 e. The summed E-state index contributed by atoms with van der Waals surface area (Å²) in [5.41, 5.74) is 1.88. The molecular formula is C11H9BrF3N. The average molecular weight is 292 g/mol. The third-order valence-electron chi connectivity index (χ3n) is 2.33. The summed E-state index contributed by atoms with van der Waals surface area (Å²) in [5.74, 6) is 0. The molecule has 1 aliphatic rings. The maximum atomic E-state index is 12.2. The van der Waals surface area contributed by atoms with Gasteiger partial charge in [-0.3, -0.25) is 0 Å². The predicted molar refractivity (Wildman–Crippen MR) is 59.6 cm³/mol. The number of benzene rings is 1. The van der Waals surface area contributed by atoms with Crippen molar-refractivity contribution in [1.29, 1.82) is 0 Å². The van der Waals surface area contributed by atoms with Gasteiger partial charge in [-0.05, 0) is 29.3 Å². The topological polar surface area (TPSA) is 3.24 Å². The van der Waals surface area contributed by atoms with E-state index in [2.05, 4.69) is 15.9 Å². The van der Waals surface area contributed by atoms with Crippen LogP contribution in [0.15, 0.2) is 28.9 Å². The third-order valence-corrected chi connectivity index (χ3v) is 2.82. The molecule has 1 aromatic rings. The number of halogens is 4. The van der Waals surface area contributed by atoms with Crippen molar-refractivity contribution in [3.05, 3.63) is 40.0 Å². The molecular weight excluding hydrogens is 283 g/mol. The van der Waals surface area contributed by atoms with Crippen LogP contribution in [0.1, 0.15) is 11.1 Å². The van der Waals surface area contributed by atoms with Crippen molar-refractivity contribution < 1.29 is 13.2 Å². The van der Waals surface area contributed by atoms with Crippen LogP contribution in [-0.4, -0.2) is 17.6 Å². The molecule has 1 heterocycles. The van der Waals surface area contributed by atoms with E-state index in [1.165, 1.54) is 11.1 Å². The summed E-state index contributed by atoms with van der Waals surface area (Å²) in [5, 5.41) is 0. The molecule has 86 valence electrons. The van der Waals surface area contributed by atoms with Gasteiger partial charge in [-0.15, -0.1) is 0 Å². The van der Waals surface area contributed by atoms with Gasteiger partial charge in [-0.1, -0.05) is 22.0 Å². The Bertz CT molecular complexity index is 426. The van der Waals surface area contributed by atoms with E-state index in [1.54, 1.807) is 6.08 Å². The molecule has 0 spiro atoms. The summed E-state index contributed by atoms with van der Waals surface area (Å²) in [6.45, 7) is -0.611. The fourth-order valence-corrected chi connectivity index (χ4v) is 2.08. The molecule has 0 N–H and O–H groups in total. The Balaban J connectivity index is 2.17. The zero-order chi connectivity index (χ0) is 11.8. The fourth-order valence-electron chi connectivity index (χ4n) is 1.67. The summed E-state index contributed by atoms with van der Waals surface area (Å²) < 4.78 is 37.5. The molecule has 5 heteroatoms. The summed E-state index contributed by atoms with van der Waals surface area (Å²) in [7, 11) is 0. The van der Waals surface area contributed by atoms with Crippen molar-refractivity contribution in [3.63, 3.8) is 0 Å². The molecule has 1 aromatic carbocycles. The highest BCUT2D eigenvalue weighted by molar-refractivity contribution is 9.10. The van der Waals surface area contributed by atoms with E-state index in [1.807, 2.05) is 18.2 Å². The van der Waals surface area contributed by atoms with Gasteiger partial charge in [0, 0.05) is 17.2 Å². The van der Waals surface area contributed by atoms with E-state index < -0.39 is 12.7 Å². The van der Waals surface area contributed by atoms with Crippen LogP contribution >= 0.6 is 15.9 Å². The number of fused-ring (bicyclic) bond motifs is 1. The largest absolute Gasteiger partial charge is 0.405 e. The van der Waals surface area contributed by atoms with Gasteiger partial charge in [-0.2, -0.15) is 13.2 Å². The Labute approximate surface area is 99.7 Å². The van der Waals surface area contributed by atoms with Crippen LogP contribution < -0.4 is 0 Å². The van der Waals surface area contributed by atoms with E-state index in [0.29, 0.717) is 6.54 Å². The molecule has 0 saturated carbocycles. The first kappa shape index (κ1) is 11.5. The predicted octanol–water partition coefficient (Wildman–Crippen LogP) is 3.80. The second-order valence-electron chi connectivity index (χ2n) is 3.68. The van der Waals surface area contributed by atoms with E-state index in [-0.39, 0.29) is 0 Å². The lowest BCUT2D eigenvalue weighted by Gasteiger charge is -2.26. The van der Waals surface area contributed by atoms with Crippen molar-refractivity contribution in [1.82, 2.24) is 4.90 Å². The lowest BCUT2D eigenvalue weighted by Crippen LogP contribution is -2.31. The van der Waals surface area contributed by atoms with Gasteiger partial charge >= 0.3 is 6.18 Å². The highest BCUT2D eigenvalue weighted by Crippen LogP contribution is 2.26. The van der Waals surface area contributed by atoms with Crippen molar-refractivity contribution in [3.8, 4) is 0 Å². The summed E-state index contributed by atoms with van der Waals surface area (Å²) in [6.07, 6.45) is -0.964. The molecule has 0 radical (unpaired) electrons. The third kappa shape index (κ3) is 2.78. The monoisotopic (exact) mass is 291 g/mol. The van der Waals surface area contributed by atoms with Crippen LogP contribution in [0, 0.1) is 0 Å². The van der Waals surface area contributed by atoms with E-state index in [9.17, 15) is 13.2 Å². The quantitative estimate of drug-likeness (QED) is 0.761. The van der Waals surface area contributed by atoms with Gasteiger partial charge in [0.25, 0.3) is 0 Å². The Hall–Kier alpha value is -0.970. The van der Waals surface area contributed by atoms with Crippen LogP contribution in [-0.2, 0) is 6.54 Å². The minimum absolute atomic E-state index is 0.296. The molecule has 0 bridgehead atoms. The Morgan fingerprint density at radius 3 is 2.75 bits per heavy atom. The van der Waals surface area contributed by atoms with E-state index >= 15 is 0 Å². The van der Waals surface area contributed by atoms with E-state index in [0.717, 1.165) is 15.6 Å². The molecule has 2 rings (SSSR count). The van der Waals surface area contributed by atoms with Crippen molar-refractivity contribution in [2.75, 3.05) is 6.54 Å². The number of nitrogens with zero attached hydrogens (tertiary/aromatic N) is 1. The van der Waals surface area contributed by atoms with Crippen LogP contribution in [0.5, 0.6) is 0 Å². The van der Waals surface area contributed by atoms with Crippen molar-refractivity contribution >= 4 is 22.0 Å². The van der Waals surface area contributed by atoms with Gasteiger partial charge in [0.05, 0.1) is 0 Å². The van der Waals surface area contributed by atoms with Gasteiger partial charge < -0.3 is 4.90 Å². The lowest BCUT2D eigenvalue weighted by molar-refractivity contribution is -0.141. The molecule has 16 heavy (non-hydrogen) atoms.